The van der Waals surface area contributed by atoms with Crippen LogP contribution in [0.2, 0.25) is 0 Å². The molecule has 2 amide bonds. The Hall–Kier alpha value is -5.76. The van der Waals surface area contributed by atoms with Gasteiger partial charge in [-0.15, -0.1) is 0 Å². The van der Waals surface area contributed by atoms with Crippen molar-refractivity contribution in [2.45, 2.75) is 43.6 Å². The first kappa shape index (κ1) is 38.0. The number of nitro groups is 2. The molecule has 20 nitrogen and oxygen atoms in total. The van der Waals surface area contributed by atoms with Crippen LogP contribution in [0.15, 0.2) is 24.3 Å². The lowest BCUT2D eigenvalue weighted by Gasteiger charge is -2.23. The van der Waals surface area contributed by atoms with E-state index >= 15 is 0 Å². The number of ether oxygens (including phenoxy) is 6. The molecule has 0 aliphatic carbocycles. The van der Waals surface area contributed by atoms with Crippen molar-refractivity contribution in [3.05, 3.63) is 55.6 Å². The molecule has 4 atom stereocenters. The van der Waals surface area contributed by atoms with E-state index in [1.807, 2.05) is 0 Å². The summed E-state index contributed by atoms with van der Waals surface area (Å²) in [5, 5.41) is 44.1. The van der Waals surface area contributed by atoms with Crippen LogP contribution < -0.4 is 18.9 Å². The molecule has 4 rings (SSSR count). The highest BCUT2D eigenvalue weighted by atomic mass is 16.6. The monoisotopic (exact) mass is 720 g/mol. The number of amides is 2. The first-order chi connectivity index (χ1) is 24.3. The van der Waals surface area contributed by atoms with Gasteiger partial charge in [0.1, 0.15) is 23.2 Å². The minimum absolute atomic E-state index is 0.0447. The fraction of sp³-hybridized carbons (Fsp3) is 0.484. The zero-order valence-electron chi connectivity index (χ0n) is 28.0. The molecule has 2 saturated heterocycles. The number of carbonyl (C=O) groups is 4. The minimum atomic E-state index is -1.14. The second-order valence-electron chi connectivity index (χ2n) is 11.4. The van der Waals surface area contributed by atoms with Crippen LogP contribution in [0.3, 0.4) is 0 Å². The molecule has 0 aromatic heterocycles. The summed E-state index contributed by atoms with van der Waals surface area (Å²) in [4.78, 5) is 75.4. The van der Waals surface area contributed by atoms with Gasteiger partial charge in [-0.25, -0.2) is 9.59 Å². The van der Waals surface area contributed by atoms with E-state index in [-0.39, 0.29) is 68.6 Å². The van der Waals surface area contributed by atoms with E-state index in [4.69, 9.17) is 28.4 Å². The number of likely N-dealkylation sites (tertiary alicyclic amines) is 2. The maximum Gasteiger partial charge on any atom is 0.328 e. The van der Waals surface area contributed by atoms with E-state index < -0.39 is 80.4 Å². The predicted molar refractivity (Wildman–Crippen MR) is 170 cm³/mol. The third-order valence-electron chi connectivity index (χ3n) is 8.25. The van der Waals surface area contributed by atoms with Gasteiger partial charge in [0.05, 0.1) is 75.8 Å². The lowest BCUT2D eigenvalue weighted by molar-refractivity contribution is -0.385. The Balaban J connectivity index is 1.47. The minimum Gasteiger partial charge on any atom is -0.493 e. The SMILES string of the molecule is COC(=O)[C@H]1C[C@@H](O)CN1C(=O)c1cc(OC)c(OCCCOc2cc([N+](=O)[O-])c(C(=O)N3C[C@H](O)C[C@H]3C(=O)OC)cc2OC)cc1[N+](=O)[O-]. The van der Waals surface area contributed by atoms with E-state index in [1.165, 1.54) is 14.2 Å². The van der Waals surface area contributed by atoms with Crippen molar-refractivity contribution in [1.82, 2.24) is 9.80 Å². The summed E-state index contributed by atoms with van der Waals surface area (Å²) >= 11 is 0. The lowest BCUT2D eigenvalue weighted by atomic mass is 10.1. The number of carbonyl (C=O) groups excluding carboxylic acids is 4. The van der Waals surface area contributed by atoms with Crippen molar-refractivity contribution in [2.75, 3.05) is 54.7 Å². The Morgan fingerprint density at radius 2 is 1.06 bits per heavy atom. The molecule has 0 saturated carbocycles. The second-order valence-corrected chi connectivity index (χ2v) is 11.4. The highest BCUT2D eigenvalue weighted by Gasteiger charge is 2.43. The van der Waals surface area contributed by atoms with Crippen molar-refractivity contribution < 1.29 is 67.7 Å². The van der Waals surface area contributed by atoms with E-state index in [0.717, 1.165) is 48.3 Å². The average molecular weight is 721 g/mol. The van der Waals surface area contributed by atoms with Gasteiger partial charge in [-0.2, -0.15) is 0 Å². The summed E-state index contributed by atoms with van der Waals surface area (Å²) in [6.45, 7) is -0.725. The Kier molecular flexibility index (Phi) is 12.2. The first-order valence-electron chi connectivity index (χ1n) is 15.4. The number of nitro benzene ring substituents is 2. The number of methoxy groups -OCH3 is 4. The van der Waals surface area contributed by atoms with Crippen LogP contribution in [0.4, 0.5) is 11.4 Å². The summed E-state index contributed by atoms with van der Waals surface area (Å²) < 4.78 is 31.4. The standard InChI is InChI=1S/C31H36N4O16/c1-46-24-10-18(28(38)32-14-16(36)8-22(32)30(40)48-3)20(34(42)43)12-26(24)50-6-5-7-51-27-13-21(35(44)45)19(11-25(27)47-2)29(39)33-15-17(37)9-23(33)31(41)49-4/h10-13,16-17,22-23,36-37H,5-9,14-15H2,1-4H3/t16-,17-,22-,23+/m1/s1. The van der Waals surface area contributed by atoms with E-state index in [2.05, 4.69) is 0 Å². The maximum atomic E-state index is 13.4. The van der Waals surface area contributed by atoms with Gasteiger partial charge in [-0.3, -0.25) is 29.8 Å². The fourth-order valence-corrected chi connectivity index (χ4v) is 5.82. The Morgan fingerprint density at radius 1 is 0.686 bits per heavy atom. The lowest BCUT2D eigenvalue weighted by Crippen LogP contribution is -2.41. The number of β-amino-alcohol motifs (C(OH)–C–C–N with tert-alkyl or cyclic N) is 2. The molecule has 2 aromatic carbocycles. The second kappa shape index (κ2) is 16.3. The molecule has 51 heavy (non-hydrogen) atoms. The van der Waals surface area contributed by atoms with Gasteiger partial charge in [0.25, 0.3) is 23.2 Å². The zero-order valence-corrected chi connectivity index (χ0v) is 28.0. The van der Waals surface area contributed by atoms with Crippen molar-refractivity contribution in [2.24, 2.45) is 0 Å². The number of rotatable bonds is 14. The number of nitrogens with zero attached hydrogens (tertiary/aromatic N) is 4. The molecule has 2 fully saturated rings. The highest BCUT2D eigenvalue weighted by Crippen LogP contribution is 2.38. The zero-order chi connectivity index (χ0) is 37.6. The Bertz CT molecular complexity index is 1580. The van der Waals surface area contributed by atoms with Crippen molar-refractivity contribution in [3.8, 4) is 23.0 Å². The predicted octanol–water partition coefficient (Wildman–Crippen LogP) is 0.865. The summed E-state index contributed by atoms with van der Waals surface area (Å²) in [6.07, 6.45) is -2.17. The Labute approximate surface area is 289 Å². The number of benzene rings is 2. The van der Waals surface area contributed by atoms with E-state index in [9.17, 15) is 49.6 Å². The molecule has 2 N–H and O–H groups in total. The smallest absolute Gasteiger partial charge is 0.328 e. The van der Waals surface area contributed by atoms with Crippen LogP contribution >= 0.6 is 0 Å². The van der Waals surface area contributed by atoms with Gasteiger partial charge in [0.15, 0.2) is 23.0 Å². The van der Waals surface area contributed by atoms with E-state index in [0.29, 0.717) is 0 Å². The number of aliphatic hydroxyl groups is 2. The topological polar surface area (TPSA) is 257 Å². The molecule has 2 aliphatic heterocycles. The molecule has 0 bridgehead atoms. The van der Waals surface area contributed by atoms with Crippen LogP contribution in [0, 0.1) is 20.2 Å². The summed E-state index contributed by atoms with van der Waals surface area (Å²) in [5.74, 6) is -3.66. The van der Waals surface area contributed by atoms with Crippen LogP contribution in [0.5, 0.6) is 23.0 Å². The highest BCUT2D eigenvalue weighted by molar-refractivity contribution is 6.02. The van der Waals surface area contributed by atoms with Gasteiger partial charge in [0, 0.05) is 44.5 Å². The van der Waals surface area contributed by atoms with Crippen molar-refractivity contribution >= 4 is 35.1 Å². The van der Waals surface area contributed by atoms with Gasteiger partial charge >= 0.3 is 11.9 Å². The summed E-state index contributed by atoms with van der Waals surface area (Å²) in [6, 6.07) is 1.86. The Morgan fingerprint density at radius 3 is 1.37 bits per heavy atom. The summed E-state index contributed by atoms with van der Waals surface area (Å²) in [5.41, 5.74) is -2.11. The van der Waals surface area contributed by atoms with Gasteiger partial charge in [-0.1, -0.05) is 0 Å². The fourth-order valence-electron chi connectivity index (χ4n) is 5.82. The molecular formula is C31H36N4O16. The third-order valence-corrected chi connectivity index (χ3v) is 8.25. The average Bonchev–Trinajstić information content (AvgIpc) is 3.71. The normalized spacial score (nSPS) is 19.6. The van der Waals surface area contributed by atoms with Crippen molar-refractivity contribution in [1.29, 1.82) is 0 Å². The van der Waals surface area contributed by atoms with Crippen LogP contribution in [-0.2, 0) is 19.1 Å². The molecule has 20 heteroatoms. The van der Waals surface area contributed by atoms with Gasteiger partial charge < -0.3 is 48.4 Å². The van der Waals surface area contributed by atoms with Crippen LogP contribution in [0.1, 0.15) is 40.0 Å². The molecule has 276 valence electrons. The van der Waals surface area contributed by atoms with Crippen molar-refractivity contribution in [3.63, 3.8) is 0 Å². The molecule has 2 aliphatic rings. The largest absolute Gasteiger partial charge is 0.493 e. The molecule has 0 spiro atoms. The number of esters is 2. The summed E-state index contributed by atoms with van der Waals surface area (Å²) in [7, 11) is 4.72. The first-order valence-corrected chi connectivity index (χ1v) is 15.4. The molecular weight excluding hydrogens is 684 g/mol. The molecule has 0 radical (unpaired) electrons. The maximum absolute atomic E-state index is 13.4. The van der Waals surface area contributed by atoms with Crippen LogP contribution in [0.25, 0.3) is 0 Å². The van der Waals surface area contributed by atoms with E-state index in [1.54, 1.807) is 0 Å². The quantitative estimate of drug-likeness (QED) is 0.119. The van der Waals surface area contributed by atoms with Gasteiger partial charge in [-0.05, 0) is 0 Å². The molecule has 0 unspecified atom stereocenters. The van der Waals surface area contributed by atoms with Crippen LogP contribution in [-0.4, -0.2) is 133 Å². The number of aliphatic hydroxyl groups excluding tert-OH is 2. The molecule has 2 aromatic rings. The third kappa shape index (κ3) is 8.18. The molecule has 2 heterocycles. The number of hydrogen-bond acceptors (Lipinski definition) is 16. The number of hydrogen-bond donors (Lipinski definition) is 2. The van der Waals surface area contributed by atoms with Gasteiger partial charge in [0.2, 0.25) is 0 Å².